The van der Waals surface area contributed by atoms with E-state index in [4.69, 9.17) is 14.9 Å². The second-order valence-electron chi connectivity index (χ2n) is 8.47. The highest BCUT2D eigenvalue weighted by Gasteiger charge is 2.29. The summed E-state index contributed by atoms with van der Waals surface area (Å²) >= 11 is 0. The Balaban J connectivity index is 1.25. The van der Waals surface area contributed by atoms with Crippen LogP contribution in [0, 0.1) is 12.8 Å². The lowest BCUT2D eigenvalue weighted by molar-refractivity contribution is 0.0990. The minimum Gasteiger partial charge on any atom is -0.475 e. The predicted octanol–water partition coefficient (Wildman–Crippen LogP) is 3.31. The smallest absolute Gasteiger partial charge is 0.267 e. The van der Waals surface area contributed by atoms with E-state index in [0.717, 1.165) is 43.7 Å². The van der Waals surface area contributed by atoms with Crippen LogP contribution in [0.4, 0.5) is 11.5 Å². The molecule has 0 spiro atoms. The van der Waals surface area contributed by atoms with E-state index in [1.165, 1.54) is 11.9 Å². The number of benzene rings is 1. The van der Waals surface area contributed by atoms with Gasteiger partial charge < -0.3 is 19.8 Å². The first-order chi connectivity index (χ1) is 15.6. The summed E-state index contributed by atoms with van der Waals surface area (Å²) in [5, 5.41) is 8.05. The first kappa shape index (κ1) is 20.4. The fraction of sp³-hybridized carbons (Fsp3) is 0.435. The number of carbonyl (C=O) groups excluding carboxylic acids is 1. The number of amides is 1. The summed E-state index contributed by atoms with van der Waals surface area (Å²) in [5.41, 5.74) is 8.28. The van der Waals surface area contributed by atoms with Crippen molar-refractivity contribution < 1.29 is 13.9 Å². The van der Waals surface area contributed by atoms with Crippen LogP contribution in [0.2, 0.25) is 0 Å². The number of nitrogens with two attached hydrogens (primary N) is 1. The van der Waals surface area contributed by atoms with Gasteiger partial charge in [0.1, 0.15) is 24.3 Å². The van der Waals surface area contributed by atoms with Crippen molar-refractivity contribution in [3.63, 3.8) is 0 Å². The average Bonchev–Trinajstić information content (AvgIpc) is 3.13. The van der Waals surface area contributed by atoms with Gasteiger partial charge in [-0.25, -0.2) is 9.97 Å². The van der Waals surface area contributed by atoms with Gasteiger partial charge in [0.25, 0.3) is 5.91 Å². The van der Waals surface area contributed by atoms with E-state index in [-0.39, 0.29) is 23.2 Å². The van der Waals surface area contributed by atoms with Crippen LogP contribution in [0.1, 0.15) is 59.3 Å². The molecule has 2 aliphatic rings. The molecule has 0 bridgehead atoms. The Morgan fingerprint density at radius 1 is 1.09 bits per heavy atom. The Labute approximate surface area is 186 Å². The first-order valence-electron chi connectivity index (χ1n) is 11.0. The molecule has 5 rings (SSSR count). The molecule has 166 valence electrons. The summed E-state index contributed by atoms with van der Waals surface area (Å²) in [4.78, 5) is 22.8. The van der Waals surface area contributed by atoms with Crippen LogP contribution in [-0.4, -0.2) is 39.2 Å². The van der Waals surface area contributed by atoms with Crippen molar-refractivity contribution in [1.82, 2.24) is 20.2 Å². The zero-order chi connectivity index (χ0) is 22.1. The molecule has 2 N–H and O–H groups in total. The van der Waals surface area contributed by atoms with Gasteiger partial charge in [0.05, 0.1) is 6.54 Å². The molecule has 1 aliphatic heterocycles. The molecule has 1 aliphatic carbocycles. The van der Waals surface area contributed by atoms with Crippen LogP contribution < -0.4 is 15.4 Å². The topological polar surface area (TPSA) is 120 Å². The number of anilines is 2. The summed E-state index contributed by atoms with van der Waals surface area (Å²) < 4.78 is 11.2. The van der Waals surface area contributed by atoms with Crippen LogP contribution >= 0.6 is 0 Å². The summed E-state index contributed by atoms with van der Waals surface area (Å²) in [6, 6.07) is 8.27. The first-order valence-corrected chi connectivity index (χ1v) is 11.0. The zero-order valence-corrected chi connectivity index (χ0v) is 18.0. The number of rotatable bonds is 4. The largest absolute Gasteiger partial charge is 0.475 e. The number of fused-ring (bicyclic) bond motifs is 1. The molecular weight excluding hydrogens is 408 g/mol. The number of carbonyl (C=O) groups is 1. The van der Waals surface area contributed by atoms with Gasteiger partial charge in [0.2, 0.25) is 17.7 Å². The van der Waals surface area contributed by atoms with Crippen molar-refractivity contribution in [2.24, 2.45) is 5.92 Å². The summed E-state index contributed by atoms with van der Waals surface area (Å²) in [7, 11) is 0. The monoisotopic (exact) mass is 434 g/mol. The third-order valence-corrected chi connectivity index (χ3v) is 6.41. The molecule has 0 radical (unpaired) electrons. The van der Waals surface area contributed by atoms with Crippen molar-refractivity contribution in [2.75, 3.05) is 23.8 Å². The SMILES string of the molecule is Cc1nnc(CC2CCC(c3ccc(N4CCOc5ncnc(N)c5C4=O)cc3)CC2)o1. The van der Waals surface area contributed by atoms with Crippen molar-refractivity contribution >= 4 is 17.4 Å². The van der Waals surface area contributed by atoms with E-state index in [1.54, 1.807) is 4.90 Å². The number of aryl methyl sites for hydroxylation is 1. The highest BCUT2D eigenvalue weighted by molar-refractivity contribution is 6.10. The van der Waals surface area contributed by atoms with E-state index >= 15 is 0 Å². The maximum atomic E-state index is 13.1. The van der Waals surface area contributed by atoms with Crippen molar-refractivity contribution in [3.05, 3.63) is 53.5 Å². The predicted molar refractivity (Wildman–Crippen MR) is 117 cm³/mol. The van der Waals surface area contributed by atoms with Gasteiger partial charge in [0, 0.05) is 19.0 Å². The molecule has 32 heavy (non-hydrogen) atoms. The molecule has 2 aromatic heterocycles. The van der Waals surface area contributed by atoms with Crippen molar-refractivity contribution in [1.29, 1.82) is 0 Å². The van der Waals surface area contributed by atoms with Crippen LogP contribution in [0.3, 0.4) is 0 Å². The van der Waals surface area contributed by atoms with Gasteiger partial charge in [0.15, 0.2) is 0 Å². The lowest BCUT2D eigenvalue weighted by Crippen LogP contribution is -2.32. The fourth-order valence-corrected chi connectivity index (χ4v) is 4.70. The van der Waals surface area contributed by atoms with E-state index in [0.29, 0.717) is 30.9 Å². The molecule has 3 heterocycles. The second kappa shape index (κ2) is 8.57. The Morgan fingerprint density at radius 2 is 1.88 bits per heavy atom. The van der Waals surface area contributed by atoms with Crippen LogP contribution in [0.25, 0.3) is 0 Å². The molecule has 1 aromatic carbocycles. The summed E-state index contributed by atoms with van der Waals surface area (Å²) in [5.74, 6) is 2.63. The molecule has 1 amide bonds. The number of hydrogen-bond acceptors (Lipinski definition) is 8. The maximum Gasteiger partial charge on any atom is 0.267 e. The Morgan fingerprint density at radius 3 is 2.59 bits per heavy atom. The van der Waals surface area contributed by atoms with E-state index in [2.05, 4.69) is 32.3 Å². The van der Waals surface area contributed by atoms with Gasteiger partial charge in [-0.05, 0) is 55.2 Å². The fourth-order valence-electron chi connectivity index (χ4n) is 4.70. The minimum absolute atomic E-state index is 0.135. The average molecular weight is 435 g/mol. The number of ether oxygens (including phenoxy) is 1. The maximum absolute atomic E-state index is 13.1. The van der Waals surface area contributed by atoms with Gasteiger partial charge in [-0.2, -0.15) is 0 Å². The molecule has 0 atom stereocenters. The third-order valence-electron chi connectivity index (χ3n) is 6.41. The van der Waals surface area contributed by atoms with Gasteiger partial charge in [-0.15, -0.1) is 10.2 Å². The number of hydrogen-bond donors (Lipinski definition) is 1. The molecule has 0 unspecified atom stereocenters. The number of nitrogens with zero attached hydrogens (tertiary/aromatic N) is 5. The zero-order valence-electron chi connectivity index (χ0n) is 18.0. The van der Waals surface area contributed by atoms with Crippen LogP contribution in [0.5, 0.6) is 5.88 Å². The Kier molecular flexibility index (Phi) is 5.46. The summed E-state index contributed by atoms with van der Waals surface area (Å²) in [6.07, 6.45) is 6.73. The van der Waals surface area contributed by atoms with Crippen LogP contribution in [0.15, 0.2) is 35.0 Å². The molecule has 9 heteroatoms. The molecule has 3 aromatic rings. The summed E-state index contributed by atoms with van der Waals surface area (Å²) in [6.45, 7) is 2.60. The van der Waals surface area contributed by atoms with Gasteiger partial charge in [-0.3, -0.25) is 4.79 Å². The Bertz CT molecular complexity index is 1110. The van der Waals surface area contributed by atoms with E-state index < -0.39 is 0 Å². The molecule has 1 saturated carbocycles. The standard InChI is InChI=1S/C23H26N6O3/c1-14-27-28-19(32-14)12-15-2-4-16(5-3-15)17-6-8-18(9-7-17)29-10-11-31-22-20(23(29)30)21(24)25-13-26-22/h6-9,13,15-16H,2-5,10-12H2,1H3,(H2,24,25,26). The number of nitrogen functional groups attached to an aromatic ring is 1. The molecular formula is C23H26N6O3. The third kappa shape index (κ3) is 4.02. The minimum atomic E-state index is -0.236. The molecule has 9 nitrogen and oxygen atoms in total. The van der Waals surface area contributed by atoms with Crippen LogP contribution in [-0.2, 0) is 6.42 Å². The highest BCUT2D eigenvalue weighted by Crippen LogP contribution is 2.38. The van der Waals surface area contributed by atoms with Gasteiger partial charge >= 0.3 is 0 Å². The van der Waals surface area contributed by atoms with Crippen molar-refractivity contribution in [3.8, 4) is 5.88 Å². The quantitative estimate of drug-likeness (QED) is 0.664. The molecule has 0 saturated heterocycles. The number of aromatic nitrogens is 4. The lowest BCUT2D eigenvalue weighted by Gasteiger charge is -2.28. The molecule has 1 fully saturated rings. The highest BCUT2D eigenvalue weighted by atomic mass is 16.5. The van der Waals surface area contributed by atoms with E-state index in [9.17, 15) is 4.79 Å². The van der Waals surface area contributed by atoms with Crippen molar-refractivity contribution in [2.45, 2.75) is 44.9 Å². The van der Waals surface area contributed by atoms with Gasteiger partial charge in [-0.1, -0.05) is 12.1 Å². The lowest BCUT2D eigenvalue weighted by atomic mass is 9.77. The second-order valence-corrected chi connectivity index (χ2v) is 8.47. The normalized spacial score (nSPS) is 21.0. The Hall–Kier alpha value is -3.49. The van der Waals surface area contributed by atoms with E-state index in [1.807, 2.05) is 19.1 Å².